The average molecular weight is 225 g/mol. The highest BCUT2D eigenvalue weighted by atomic mass is 15.0. The summed E-state index contributed by atoms with van der Waals surface area (Å²) in [6.45, 7) is 2.01. The predicted octanol–water partition coefficient (Wildman–Crippen LogP) is 1.74. The van der Waals surface area contributed by atoms with E-state index in [9.17, 15) is 0 Å². The minimum atomic E-state index is 0.446. The van der Waals surface area contributed by atoms with Crippen molar-refractivity contribution in [3.05, 3.63) is 53.4 Å². The van der Waals surface area contributed by atoms with Crippen LogP contribution in [0.4, 0.5) is 5.69 Å². The van der Waals surface area contributed by atoms with Crippen LogP contribution in [0.1, 0.15) is 11.6 Å². The first-order chi connectivity index (χ1) is 8.43. The molecular formula is C14H15N3. The lowest BCUT2D eigenvalue weighted by Crippen LogP contribution is -2.31. The lowest BCUT2D eigenvalue weighted by molar-refractivity contribution is 0.484. The number of fused-ring (bicyclic) bond motifs is 4. The standard InChI is InChI=1S/C14H15N3/c1-2-4-12-9(3-1)14-11(8-16-12)10-7-15-6-5-13(10)17-14/h1-6,11,14-17H,7-8H2. The molecule has 0 aliphatic carbocycles. The van der Waals surface area contributed by atoms with Gasteiger partial charge in [-0.05, 0) is 29.5 Å². The minimum absolute atomic E-state index is 0.446. The maximum Gasteiger partial charge on any atom is 0.0617 e. The predicted molar refractivity (Wildman–Crippen MR) is 68.5 cm³/mol. The van der Waals surface area contributed by atoms with Gasteiger partial charge in [-0.1, -0.05) is 18.2 Å². The highest BCUT2D eigenvalue weighted by Crippen LogP contribution is 2.42. The van der Waals surface area contributed by atoms with Gasteiger partial charge in [-0.15, -0.1) is 0 Å². The average Bonchev–Trinajstić information content (AvgIpc) is 2.78. The maximum absolute atomic E-state index is 3.66. The lowest BCUT2D eigenvalue weighted by atomic mass is 9.85. The number of anilines is 1. The van der Waals surface area contributed by atoms with E-state index in [1.54, 1.807) is 0 Å². The van der Waals surface area contributed by atoms with Gasteiger partial charge in [0.1, 0.15) is 0 Å². The fraction of sp³-hybridized carbons (Fsp3) is 0.286. The second kappa shape index (κ2) is 3.29. The van der Waals surface area contributed by atoms with Gasteiger partial charge in [-0.25, -0.2) is 0 Å². The van der Waals surface area contributed by atoms with Crippen LogP contribution >= 0.6 is 0 Å². The molecule has 0 spiro atoms. The highest BCUT2D eigenvalue weighted by molar-refractivity contribution is 5.58. The quantitative estimate of drug-likeness (QED) is 0.629. The molecule has 0 fully saturated rings. The first-order valence-electron chi connectivity index (χ1n) is 6.16. The third kappa shape index (κ3) is 1.22. The Balaban J connectivity index is 1.78. The molecule has 0 amide bonds. The fourth-order valence-electron chi connectivity index (χ4n) is 3.14. The number of nitrogens with one attached hydrogen (secondary N) is 3. The SMILES string of the molecule is C1=CC2=C(CN1)C1CNc3ccccc3C1N2. The van der Waals surface area contributed by atoms with Gasteiger partial charge in [-0.2, -0.15) is 0 Å². The molecular weight excluding hydrogens is 210 g/mol. The number of allylic oxidation sites excluding steroid dienone is 1. The van der Waals surface area contributed by atoms with E-state index in [-0.39, 0.29) is 0 Å². The van der Waals surface area contributed by atoms with E-state index in [4.69, 9.17) is 0 Å². The maximum atomic E-state index is 3.66. The lowest BCUT2D eigenvalue weighted by Gasteiger charge is -2.31. The van der Waals surface area contributed by atoms with E-state index in [1.165, 1.54) is 22.5 Å². The molecule has 86 valence electrons. The van der Waals surface area contributed by atoms with Crippen molar-refractivity contribution < 1.29 is 0 Å². The summed E-state index contributed by atoms with van der Waals surface area (Å²) < 4.78 is 0. The van der Waals surface area contributed by atoms with Gasteiger partial charge in [0.2, 0.25) is 0 Å². The Hall–Kier alpha value is -1.90. The van der Waals surface area contributed by atoms with Crippen LogP contribution in [0.2, 0.25) is 0 Å². The topological polar surface area (TPSA) is 36.1 Å². The molecule has 1 aromatic carbocycles. The number of para-hydroxylation sites is 1. The van der Waals surface area contributed by atoms with Crippen molar-refractivity contribution in [1.29, 1.82) is 0 Å². The molecule has 0 radical (unpaired) electrons. The largest absolute Gasteiger partial charge is 0.387 e. The Morgan fingerprint density at radius 1 is 1.18 bits per heavy atom. The zero-order chi connectivity index (χ0) is 11.2. The van der Waals surface area contributed by atoms with E-state index in [1.807, 2.05) is 6.20 Å². The van der Waals surface area contributed by atoms with Crippen LogP contribution in [0.15, 0.2) is 47.8 Å². The molecule has 17 heavy (non-hydrogen) atoms. The summed E-state index contributed by atoms with van der Waals surface area (Å²) in [6, 6.07) is 9.05. The van der Waals surface area contributed by atoms with Gasteiger partial charge in [0.15, 0.2) is 0 Å². The molecule has 1 aromatic rings. The van der Waals surface area contributed by atoms with Gasteiger partial charge >= 0.3 is 0 Å². The van der Waals surface area contributed by atoms with E-state index < -0.39 is 0 Å². The number of hydrogen-bond donors (Lipinski definition) is 3. The zero-order valence-electron chi connectivity index (χ0n) is 9.53. The summed E-state index contributed by atoms with van der Waals surface area (Å²) in [4.78, 5) is 0. The van der Waals surface area contributed by atoms with Crippen LogP contribution in [0.3, 0.4) is 0 Å². The van der Waals surface area contributed by atoms with Crippen LogP contribution in [-0.2, 0) is 0 Å². The normalized spacial score (nSPS) is 28.5. The minimum Gasteiger partial charge on any atom is -0.387 e. The number of dihydropyridines is 1. The Bertz CT molecular complexity index is 530. The third-order valence-electron chi connectivity index (χ3n) is 3.98. The molecule has 3 heterocycles. The smallest absolute Gasteiger partial charge is 0.0617 e. The highest BCUT2D eigenvalue weighted by Gasteiger charge is 2.38. The van der Waals surface area contributed by atoms with Gasteiger partial charge in [-0.3, -0.25) is 0 Å². The molecule has 3 aliphatic rings. The van der Waals surface area contributed by atoms with Crippen LogP contribution in [0.5, 0.6) is 0 Å². The molecule has 3 heteroatoms. The van der Waals surface area contributed by atoms with Gasteiger partial charge in [0, 0.05) is 30.4 Å². The zero-order valence-corrected chi connectivity index (χ0v) is 9.53. The number of rotatable bonds is 0. The van der Waals surface area contributed by atoms with Crippen LogP contribution < -0.4 is 16.0 Å². The van der Waals surface area contributed by atoms with Crippen LogP contribution in [0, 0.1) is 5.92 Å². The van der Waals surface area contributed by atoms with Crippen molar-refractivity contribution in [2.24, 2.45) is 5.92 Å². The monoisotopic (exact) mass is 225 g/mol. The molecule has 0 saturated heterocycles. The second-order valence-electron chi connectivity index (χ2n) is 4.85. The van der Waals surface area contributed by atoms with E-state index in [2.05, 4.69) is 46.3 Å². The Morgan fingerprint density at radius 2 is 2.12 bits per heavy atom. The summed E-state index contributed by atoms with van der Waals surface area (Å²) in [7, 11) is 0. The summed E-state index contributed by atoms with van der Waals surface area (Å²) in [5.41, 5.74) is 5.50. The Morgan fingerprint density at radius 3 is 3.12 bits per heavy atom. The van der Waals surface area contributed by atoms with Crippen molar-refractivity contribution in [2.75, 3.05) is 18.4 Å². The van der Waals surface area contributed by atoms with Crippen molar-refractivity contribution in [2.45, 2.75) is 6.04 Å². The van der Waals surface area contributed by atoms with E-state index in [0.717, 1.165) is 13.1 Å². The van der Waals surface area contributed by atoms with E-state index >= 15 is 0 Å². The van der Waals surface area contributed by atoms with Crippen molar-refractivity contribution in [3.8, 4) is 0 Å². The first kappa shape index (κ1) is 9.16. The van der Waals surface area contributed by atoms with Crippen molar-refractivity contribution >= 4 is 5.69 Å². The van der Waals surface area contributed by atoms with Crippen LogP contribution in [-0.4, -0.2) is 13.1 Å². The fourth-order valence-corrected chi connectivity index (χ4v) is 3.14. The van der Waals surface area contributed by atoms with Gasteiger partial charge < -0.3 is 16.0 Å². The molecule has 0 bridgehead atoms. The van der Waals surface area contributed by atoms with Crippen LogP contribution in [0.25, 0.3) is 0 Å². The van der Waals surface area contributed by atoms with Crippen molar-refractivity contribution in [1.82, 2.24) is 10.6 Å². The van der Waals surface area contributed by atoms with Gasteiger partial charge in [0.05, 0.1) is 6.04 Å². The summed E-state index contributed by atoms with van der Waals surface area (Å²) in [5, 5.41) is 10.5. The summed E-state index contributed by atoms with van der Waals surface area (Å²) in [5.74, 6) is 0.581. The molecule has 4 rings (SSSR count). The Kier molecular flexibility index (Phi) is 1.78. The molecule has 0 aromatic heterocycles. The van der Waals surface area contributed by atoms with E-state index in [0.29, 0.717) is 12.0 Å². The molecule has 3 nitrogen and oxygen atoms in total. The summed E-state index contributed by atoms with van der Waals surface area (Å²) >= 11 is 0. The molecule has 2 atom stereocenters. The number of hydrogen-bond acceptors (Lipinski definition) is 3. The first-order valence-corrected chi connectivity index (χ1v) is 6.16. The number of benzene rings is 1. The summed E-state index contributed by atoms with van der Waals surface area (Å²) in [6.07, 6.45) is 4.18. The molecule has 0 saturated carbocycles. The second-order valence-corrected chi connectivity index (χ2v) is 4.85. The Labute approximate surface area is 101 Å². The van der Waals surface area contributed by atoms with Gasteiger partial charge in [0.25, 0.3) is 0 Å². The molecule has 3 N–H and O–H groups in total. The molecule has 2 unspecified atom stereocenters. The molecule has 3 aliphatic heterocycles. The van der Waals surface area contributed by atoms with Crippen molar-refractivity contribution in [3.63, 3.8) is 0 Å². The third-order valence-corrected chi connectivity index (χ3v) is 3.98.